The molecule has 0 radical (unpaired) electrons. The summed E-state index contributed by atoms with van der Waals surface area (Å²) in [4.78, 5) is 26.1. The number of rotatable bonds is 4. The maximum atomic E-state index is 12.9. The van der Waals surface area contributed by atoms with Gasteiger partial charge in [-0.2, -0.15) is 4.80 Å². The second kappa shape index (κ2) is 7.76. The van der Waals surface area contributed by atoms with Crippen LogP contribution in [-0.2, 0) is 4.79 Å². The van der Waals surface area contributed by atoms with E-state index in [-0.39, 0.29) is 17.4 Å². The number of ketones is 1. The van der Waals surface area contributed by atoms with Gasteiger partial charge in [0.05, 0.1) is 11.4 Å². The predicted octanol–water partition coefficient (Wildman–Crippen LogP) is 4.28. The first-order valence-electron chi connectivity index (χ1n) is 10.0. The molecule has 1 unspecified atom stereocenters. The van der Waals surface area contributed by atoms with Gasteiger partial charge in [-0.15, -0.1) is 23.4 Å². The first-order chi connectivity index (χ1) is 15.8. The van der Waals surface area contributed by atoms with E-state index in [4.69, 9.17) is 0 Å². The van der Waals surface area contributed by atoms with Gasteiger partial charge in [-0.25, -0.2) is 0 Å². The highest BCUT2D eigenvalue weighted by molar-refractivity contribution is 6.00. The molecule has 1 N–H and O–H groups in total. The summed E-state index contributed by atoms with van der Waals surface area (Å²) in [5.74, 6) is -0.574. The summed E-state index contributed by atoms with van der Waals surface area (Å²) >= 11 is 0. The molecule has 1 atom stereocenters. The fourth-order valence-electron chi connectivity index (χ4n) is 3.81. The molecule has 0 spiro atoms. The van der Waals surface area contributed by atoms with Crippen LogP contribution in [0.1, 0.15) is 29.4 Å². The van der Waals surface area contributed by atoms with E-state index in [1.54, 1.807) is 41.1 Å². The van der Waals surface area contributed by atoms with Crippen molar-refractivity contribution in [3.8, 4) is 11.4 Å². The fourth-order valence-corrected chi connectivity index (χ4v) is 3.81. The summed E-state index contributed by atoms with van der Waals surface area (Å²) in [6.07, 6.45) is -2.32. The van der Waals surface area contributed by atoms with Crippen molar-refractivity contribution < 1.29 is 27.5 Å². The van der Waals surface area contributed by atoms with E-state index in [0.717, 1.165) is 0 Å². The van der Waals surface area contributed by atoms with E-state index in [0.29, 0.717) is 40.9 Å². The zero-order chi connectivity index (χ0) is 23.2. The number of benzene rings is 2. The third kappa shape index (κ3) is 4.16. The third-order valence-corrected chi connectivity index (χ3v) is 5.30. The maximum absolute atomic E-state index is 12.9. The van der Waals surface area contributed by atoms with Crippen LogP contribution in [-0.4, -0.2) is 37.6 Å². The molecule has 168 valence electrons. The Morgan fingerprint density at radius 3 is 2.58 bits per heavy atom. The van der Waals surface area contributed by atoms with Crippen molar-refractivity contribution in [1.29, 1.82) is 0 Å². The lowest BCUT2D eigenvalue weighted by Gasteiger charge is -2.24. The average Bonchev–Trinajstić information content (AvgIpc) is 3.41. The summed E-state index contributed by atoms with van der Waals surface area (Å²) < 4.78 is 42.5. The predicted molar refractivity (Wildman–Crippen MR) is 111 cm³/mol. The number of carbonyl (C=O) groups excluding carboxylic acids is 2. The van der Waals surface area contributed by atoms with Gasteiger partial charge in [0.15, 0.2) is 5.78 Å². The van der Waals surface area contributed by atoms with E-state index < -0.39 is 12.4 Å². The Kier molecular flexibility index (Phi) is 4.88. The number of carbonyl (C=O) groups is 2. The van der Waals surface area contributed by atoms with Crippen LogP contribution < -0.4 is 10.1 Å². The largest absolute Gasteiger partial charge is 0.573 e. The summed E-state index contributed by atoms with van der Waals surface area (Å²) in [7, 11) is 0. The van der Waals surface area contributed by atoms with Gasteiger partial charge in [0.25, 0.3) is 0 Å². The van der Waals surface area contributed by atoms with Gasteiger partial charge in [-0.3, -0.25) is 9.59 Å². The molecule has 33 heavy (non-hydrogen) atoms. The minimum Gasteiger partial charge on any atom is -0.406 e. The smallest absolute Gasteiger partial charge is 0.406 e. The van der Waals surface area contributed by atoms with Gasteiger partial charge in [0, 0.05) is 18.3 Å². The molecule has 11 heteroatoms. The number of fused-ring (bicyclic) bond motifs is 2. The van der Waals surface area contributed by atoms with Crippen LogP contribution in [0.2, 0.25) is 0 Å². The van der Waals surface area contributed by atoms with Crippen molar-refractivity contribution in [2.75, 3.05) is 5.32 Å². The Morgan fingerprint density at radius 1 is 1.06 bits per heavy atom. The molecule has 8 nitrogen and oxygen atoms in total. The minimum absolute atomic E-state index is 0.0140. The van der Waals surface area contributed by atoms with Crippen molar-refractivity contribution in [2.45, 2.75) is 25.2 Å². The SMILES string of the molecule is O=C1CCC(C(=O)Nc2ccc3nn(-c4ccc(OC(F)(F)F)cc4)nc3c2)n2cccc21. The molecule has 2 aromatic heterocycles. The van der Waals surface area contributed by atoms with Crippen LogP contribution >= 0.6 is 0 Å². The first-order valence-corrected chi connectivity index (χ1v) is 10.0. The molecule has 1 aliphatic heterocycles. The number of nitrogens with one attached hydrogen (secondary N) is 1. The first kappa shape index (κ1) is 20.7. The Bertz CT molecular complexity index is 1360. The topological polar surface area (TPSA) is 91.0 Å². The van der Waals surface area contributed by atoms with E-state index in [2.05, 4.69) is 20.3 Å². The highest BCUT2D eigenvalue weighted by atomic mass is 19.4. The Hall–Kier alpha value is -4.15. The van der Waals surface area contributed by atoms with Gasteiger partial charge in [0.2, 0.25) is 5.91 Å². The molecule has 0 aliphatic carbocycles. The summed E-state index contributed by atoms with van der Waals surface area (Å²) in [5, 5.41) is 11.5. The molecule has 3 heterocycles. The van der Waals surface area contributed by atoms with Crippen molar-refractivity contribution in [3.05, 3.63) is 66.5 Å². The number of nitrogens with zero attached hydrogens (tertiary/aromatic N) is 4. The van der Waals surface area contributed by atoms with Gasteiger partial charge >= 0.3 is 6.36 Å². The van der Waals surface area contributed by atoms with Gasteiger partial charge in [0.1, 0.15) is 22.8 Å². The lowest BCUT2D eigenvalue weighted by atomic mass is 10.0. The van der Waals surface area contributed by atoms with Crippen LogP contribution in [0, 0.1) is 0 Å². The number of amides is 1. The van der Waals surface area contributed by atoms with Crippen LogP contribution in [0.3, 0.4) is 0 Å². The lowest BCUT2D eigenvalue weighted by Crippen LogP contribution is -2.31. The maximum Gasteiger partial charge on any atom is 0.573 e. The number of halogens is 3. The molecule has 4 aromatic rings. The van der Waals surface area contributed by atoms with Crippen molar-refractivity contribution in [3.63, 3.8) is 0 Å². The molecule has 0 saturated heterocycles. The van der Waals surface area contributed by atoms with Gasteiger partial charge in [-0.1, -0.05) is 0 Å². The fraction of sp³-hybridized carbons (Fsp3) is 0.182. The number of alkyl halides is 3. The standard InChI is InChI=1S/C22H16F3N5O3/c23-22(24,25)33-15-6-4-14(5-7-15)30-27-16-8-3-13(12-17(16)28-30)26-21(32)19-9-10-20(31)18-2-1-11-29(18)19/h1-8,11-12,19H,9-10H2,(H,26,32). The molecule has 1 aliphatic rings. The van der Waals surface area contributed by atoms with Crippen molar-refractivity contribution in [1.82, 2.24) is 19.6 Å². The second-order valence-corrected chi connectivity index (χ2v) is 7.50. The van der Waals surface area contributed by atoms with E-state index in [1.165, 1.54) is 29.1 Å². The second-order valence-electron chi connectivity index (χ2n) is 7.50. The molecular formula is C22H16F3N5O3. The van der Waals surface area contributed by atoms with Gasteiger partial charge < -0.3 is 14.6 Å². The third-order valence-electron chi connectivity index (χ3n) is 5.30. The van der Waals surface area contributed by atoms with Crippen LogP contribution in [0.5, 0.6) is 5.75 Å². The highest BCUT2D eigenvalue weighted by Gasteiger charge is 2.31. The number of aromatic nitrogens is 4. The minimum atomic E-state index is -4.77. The Morgan fingerprint density at radius 2 is 1.82 bits per heavy atom. The highest BCUT2D eigenvalue weighted by Crippen LogP contribution is 2.28. The molecule has 2 aromatic carbocycles. The van der Waals surface area contributed by atoms with Crippen molar-refractivity contribution in [2.24, 2.45) is 0 Å². The zero-order valence-corrected chi connectivity index (χ0v) is 16.9. The lowest BCUT2D eigenvalue weighted by molar-refractivity contribution is -0.274. The van der Waals surface area contributed by atoms with Gasteiger partial charge in [-0.05, 0) is 61.0 Å². The normalized spacial score (nSPS) is 16.0. The molecule has 1 amide bonds. The molecule has 5 rings (SSSR count). The van der Waals surface area contributed by atoms with Crippen LogP contribution in [0.15, 0.2) is 60.8 Å². The molecule has 0 saturated carbocycles. The molecule has 0 fully saturated rings. The Balaban J connectivity index is 1.34. The average molecular weight is 455 g/mol. The number of Topliss-reactive ketones (excluding diaryl/α,β-unsaturated/α-hetero) is 1. The quantitative estimate of drug-likeness (QED) is 0.496. The number of hydrogen-bond acceptors (Lipinski definition) is 5. The van der Waals surface area contributed by atoms with E-state index in [9.17, 15) is 22.8 Å². The van der Waals surface area contributed by atoms with Crippen LogP contribution in [0.4, 0.5) is 18.9 Å². The molecular weight excluding hydrogens is 439 g/mol. The van der Waals surface area contributed by atoms with Crippen molar-refractivity contribution >= 4 is 28.4 Å². The number of ether oxygens (including phenoxy) is 1. The summed E-state index contributed by atoms with van der Waals surface area (Å²) in [5.41, 5.74) is 2.51. The summed E-state index contributed by atoms with van der Waals surface area (Å²) in [6.45, 7) is 0. The van der Waals surface area contributed by atoms with Crippen LogP contribution in [0.25, 0.3) is 16.7 Å². The summed E-state index contributed by atoms with van der Waals surface area (Å²) in [6, 6.07) is 13.1. The Labute approximate surface area is 184 Å². The van der Waals surface area contributed by atoms with E-state index >= 15 is 0 Å². The molecule has 0 bridgehead atoms. The van der Waals surface area contributed by atoms with E-state index in [1.807, 2.05) is 0 Å². The zero-order valence-electron chi connectivity index (χ0n) is 16.9. The monoisotopic (exact) mass is 455 g/mol. The number of anilines is 1. The number of hydrogen-bond donors (Lipinski definition) is 1.